The molecule has 0 aliphatic heterocycles. The maximum atomic E-state index is 12.8. The highest BCUT2D eigenvalue weighted by Gasteiger charge is 2.32. The van der Waals surface area contributed by atoms with Crippen molar-refractivity contribution < 1.29 is 38.1 Å². The molecule has 0 aliphatic rings. The van der Waals surface area contributed by atoms with Gasteiger partial charge < -0.3 is 24.7 Å². The summed E-state index contributed by atoms with van der Waals surface area (Å²) in [4.78, 5) is 50.3. The lowest BCUT2D eigenvalue weighted by molar-refractivity contribution is -0.166. The van der Waals surface area contributed by atoms with Crippen LogP contribution in [0.5, 0.6) is 11.5 Å². The zero-order chi connectivity index (χ0) is 30.8. The van der Waals surface area contributed by atoms with Crippen LogP contribution in [0.15, 0.2) is 18.2 Å². The van der Waals surface area contributed by atoms with E-state index in [4.69, 9.17) is 24.7 Å². The van der Waals surface area contributed by atoms with Crippen LogP contribution in [-0.4, -0.2) is 42.1 Å². The fraction of sp³-hybridized carbons (Fsp3) is 0.677. The second-order valence-electron chi connectivity index (χ2n) is 12.1. The van der Waals surface area contributed by atoms with Crippen LogP contribution in [-0.2, 0) is 35.1 Å². The van der Waals surface area contributed by atoms with Crippen molar-refractivity contribution in [3.63, 3.8) is 0 Å². The number of ether oxygens (including phenoxy) is 4. The van der Waals surface area contributed by atoms with E-state index in [9.17, 15) is 19.2 Å². The van der Waals surface area contributed by atoms with Crippen LogP contribution in [0.3, 0.4) is 0 Å². The lowest BCUT2D eigenvalue weighted by Gasteiger charge is -2.24. The summed E-state index contributed by atoms with van der Waals surface area (Å²) in [6.45, 7) is 18.2. The molecule has 0 aliphatic carbocycles. The summed E-state index contributed by atoms with van der Waals surface area (Å²) in [7, 11) is 0. The first-order chi connectivity index (χ1) is 18.4. The largest absolute Gasteiger partial charge is 0.459 e. The van der Waals surface area contributed by atoms with Crippen LogP contribution in [0, 0.1) is 16.7 Å². The summed E-state index contributed by atoms with van der Waals surface area (Å²) in [6, 6.07) is 3.69. The third kappa shape index (κ3) is 10.9. The molecule has 2 N–H and O–H groups in total. The van der Waals surface area contributed by atoms with E-state index in [1.807, 2.05) is 27.7 Å². The number of hydrogen-bond donors (Lipinski definition) is 1. The summed E-state index contributed by atoms with van der Waals surface area (Å²) in [5.74, 6) is -1.39. The smallest absolute Gasteiger partial charge is 0.323 e. The fourth-order valence-corrected chi connectivity index (χ4v) is 3.08. The first kappa shape index (κ1) is 35.1. The predicted molar refractivity (Wildman–Crippen MR) is 153 cm³/mol. The average Bonchev–Trinajstić information content (AvgIpc) is 2.88. The Labute approximate surface area is 239 Å². The van der Waals surface area contributed by atoms with Crippen LogP contribution in [0.1, 0.15) is 100 Å². The lowest BCUT2D eigenvalue weighted by atomic mass is 9.90. The number of esters is 4. The molecular formula is C31H49NO8. The Balaban J connectivity index is 3.02. The molecule has 1 rings (SSSR count). The molecule has 40 heavy (non-hydrogen) atoms. The van der Waals surface area contributed by atoms with E-state index < -0.39 is 47.0 Å². The van der Waals surface area contributed by atoms with Gasteiger partial charge in [-0.15, -0.1) is 0 Å². The Morgan fingerprint density at radius 3 is 1.80 bits per heavy atom. The number of nitrogens with two attached hydrogens (primary N) is 1. The van der Waals surface area contributed by atoms with Crippen LogP contribution in [0.25, 0.3) is 0 Å². The summed E-state index contributed by atoms with van der Waals surface area (Å²) in [5, 5.41) is 0. The molecule has 3 atom stereocenters. The van der Waals surface area contributed by atoms with E-state index in [0.717, 1.165) is 0 Å². The topological polar surface area (TPSA) is 131 Å². The normalized spacial score (nSPS) is 14.2. The molecule has 0 amide bonds. The summed E-state index contributed by atoms with van der Waals surface area (Å²) >= 11 is 0. The molecule has 0 fully saturated rings. The van der Waals surface area contributed by atoms with Crippen molar-refractivity contribution in [2.75, 3.05) is 0 Å². The van der Waals surface area contributed by atoms with Crippen molar-refractivity contribution in [2.24, 2.45) is 22.5 Å². The number of rotatable bonds is 15. The van der Waals surface area contributed by atoms with E-state index in [-0.39, 0.29) is 23.9 Å². The summed E-state index contributed by atoms with van der Waals surface area (Å²) < 4.78 is 22.1. The van der Waals surface area contributed by atoms with E-state index >= 15 is 0 Å². The van der Waals surface area contributed by atoms with Gasteiger partial charge in [0.2, 0.25) is 0 Å². The molecule has 226 valence electrons. The Hall–Kier alpha value is -2.94. The van der Waals surface area contributed by atoms with Crippen LogP contribution in [0.4, 0.5) is 0 Å². The third-order valence-corrected chi connectivity index (χ3v) is 7.25. The van der Waals surface area contributed by atoms with Crippen molar-refractivity contribution in [3.05, 3.63) is 23.8 Å². The van der Waals surface area contributed by atoms with Gasteiger partial charge in [-0.1, -0.05) is 33.8 Å². The van der Waals surface area contributed by atoms with Gasteiger partial charge in [-0.3, -0.25) is 19.2 Å². The molecule has 0 radical (unpaired) electrons. The summed E-state index contributed by atoms with van der Waals surface area (Å²) in [5.41, 5.74) is 5.23. The van der Waals surface area contributed by atoms with E-state index in [1.54, 1.807) is 53.7 Å². The maximum Gasteiger partial charge on any atom is 0.323 e. The molecule has 9 heteroatoms. The van der Waals surface area contributed by atoms with Gasteiger partial charge in [0.1, 0.15) is 18.2 Å². The Kier molecular flexibility index (Phi) is 13.3. The molecule has 0 bridgehead atoms. The average molecular weight is 564 g/mol. The lowest BCUT2D eigenvalue weighted by Crippen LogP contribution is -2.39. The highest BCUT2D eigenvalue weighted by atomic mass is 16.6. The van der Waals surface area contributed by atoms with Gasteiger partial charge in [-0.05, 0) is 90.8 Å². The summed E-state index contributed by atoms with van der Waals surface area (Å²) in [6.07, 6.45) is 0.863. The quantitative estimate of drug-likeness (QED) is 0.216. The van der Waals surface area contributed by atoms with Crippen LogP contribution >= 0.6 is 0 Å². The highest BCUT2D eigenvalue weighted by Crippen LogP contribution is 2.34. The standard InChI is InChI=1S/C31H49NO8/c1-11-30(7,8)28(35)39-24-15-14-22(18-25(24)40-29(36)31(9,10)12-2)17-23(32)27(34)38-21(6)20(5)37-26(33)16-13-19(3)4/h14-15,18-21,23H,11-13,16-17,32H2,1-10H3/t20-,21-,23-/m0/s1. The minimum Gasteiger partial charge on any atom is -0.459 e. The van der Waals surface area contributed by atoms with Gasteiger partial charge in [0.15, 0.2) is 11.5 Å². The van der Waals surface area contributed by atoms with Gasteiger partial charge >= 0.3 is 23.9 Å². The number of hydrogen-bond acceptors (Lipinski definition) is 9. The monoisotopic (exact) mass is 563 g/mol. The van der Waals surface area contributed by atoms with Gasteiger partial charge in [-0.2, -0.15) is 0 Å². The maximum absolute atomic E-state index is 12.8. The van der Waals surface area contributed by atoms with E-state index in [1.165, 1.54) is 6.07 Å². The predicted octanol–water partition coefficient (Wildman–Crippen LogP) is 5.54. The molecule has 9 nitrogen and oxygen atoms in total. The Morgan fingerprint density at radius 1 is 0.800 bits per heavy atom. The van der Waals surface area contributed by atoms with Crippen molar-refractivity contribution in [2.45, 2.75) is 120 Å². The Morgan fingerprint density at radius 2 is 1.30 bits per heavy atom. The molecule has 0 heterocycles. The minimum atomic E-state index is -1.03. The molecule has 0 spiro atoms. The molecule has 0 aromatic heterocycles. The first-order valence-corrected chi connectivity index (χ1v) is 14.2. The van der Waals surface area contributed by atoms with Crippen molar-refractivity contribution in [1.82, 2.24) is 0 Å². The Bertz CT molecular complexity index is 1030. The molecule has 0 unspecified atom stereocenters. The molecule has 1 aromatic rings. The number of carbonyl (C=O) groups excluding carboxylic acids is 4. The first-order valence-electron chi connectivity index (χ1n) is 14.2. The third-order valence-electron chi connectivity index (χ3n) is 7.25. The van der Waals surface area contributed by atoms with E-state index in [0.29, 0.717) is 37.2 Å². The number of carbonyl (C=O) groups is 4. The van der Waals surface area contributed by atoms with Crippen molar-refractivity contribution in [1.29, 1.82) is 0 Å². The van der Waals surface area contributed by atoms with Gasteiger partial charge in [0.05, 0.1) is 10.8 Å². The van der Waals surface area contributed by atoms with Gasteiger partial charge in [0, 0.05) is 6.42 Å². The molecule has 0 saturated carbocycles. The fourth-order valence-electron chi connectivity index (χ4n) is 3.08. The minimum absolute atomic E-state index is 0.0696. The van der Waals surface area contributed by atoms with Crippen LogP contribution < -0.4 is 15.2 Å². The van der Waals surface area contributed by atoms with Crippen molar-refractivity contribution in [3.8, 4) is 11.5 Å². The second kappa shape index (κ2) is 15.2. The molecule has 1 aromatic carbocycles. The molecular weight excluding hydrogens is 514 g/mol. The van der Waals surface area contributed by atoms with Crippen molar-refractivity contribution >= 4 is 23.9 Å². The van der Waals surface area contributed by atoms with Crippen LogP contribution in [0.2, 0.25) is 0 Å². The second-order valence-corrected chi connectivity index (χ2v) is 12.1. The number of benzene rings is 1. The highest BCUT2D eigenvalue weighted by molar-refractivity contribution is 5.81. The van der Waals surface area contributed by atoms with E-state index in [2.05, 4.69) is 0 Å². The van der Waals surface area contributed by atoms with Gasteiger partial charge in [0.25, 0.3) is 0 Å². The molecule has 0 saturated heterocycles. The van der Waals surface area contributed by atoms with Gasteiger partial charge in [-0.25, -0.2) is 0 Å². The zero-order valence-corrected chi connectivity index (χ0v) is 25.9. The SMILES string of the molecule is CCC(C)(C)C(=O)Oc1ccc(C[C@H](N)C(=O)O[C@@H](C)[C@H](C)OC(=O)CCC(C)C)cc1OC(=O)C(C)(C)CC. The zero-order valence-electron chi connectivity index (χ0n) is 25.9.